The van der Waals surface area contributed by atoms with Crippen molar-refractivity contribution in [2.45, 2.75) is 25.8 Å². The van der Waals surface area contributed by atoms with Crippen LogP contribution in [0.5, 0.6) is 0 Å². The number of hydrogen-bond donors (Lipinski definition) is 1. The molecule has 0 aromatic carbocycles. The van der Waals surface area contributed by atoms with Crippen molar-refractivity contribution >= 4 is 22.4 Å². The third kappa shape index (κ3) is 2.74. The summed E-state index contributed by atoms with van der Waals surface area (Å²) in [5.74, 6) is 0.189. The van der Waals surface area contributed by atoms with Crippen molar-refractivity contribution in [2.24, 2.45) is 0 Å². The Morgan fingerprint density at radius 2 is 2.33 bits per heavy atom. The van der Waals surface area contributed by atoms with E-state index >= 15 is 0 Å². The standard InChI is InChI=1S/C14H19N5OS/c1-10-12(7-15)14(21-17-10)18-5-2-3-11(9-18)19-6-4-16-8-13(19)20/h11,16H,2-6,8-9H2,1H3. The van der Waals surface area contributed by atoms with Crippen molar-refractivity contribution in [2.75, 3.05) is 37.6 Å². The first-order chi connectivity index (χ1) is 10.2. The average Bonchev–Trinajstić information content (AvgIpc) is 2.89. The highest BCUT2D eigenvalue weighted by Gasteiger charge is 2.31. The molecule has 0 radical (unpaired) electrons. The summed E-state index contributed by atoms with van der Waals surface area (Å²) in [4.78, 5) is 16.3. The third-order valence-corrected chi connectivity index (χ3v) is 5.21. The van der Waals surface area contributed by atoms with E-state index in [0.717, 1.165) is 49.7 Å². The molecule has 112 valence electrons. The van der Waals surface area contributed by atoms with Crippen molar-refractivity contribution in [1.29, 1.82) is 5.26 Å². The van der Waals surface area contributed by atoms with Crippen LogP contribution < -0.4 is 10.2 Å². The molecule has 3 rings (SSSR count). The lowest BCUT2D eigenvalue weighted by Gasteiger charge is -2.41. The van der Waals surface area contributed by atoms with Gasteiger partial charge in [-0.15, -0.1) is 0 Å². The van der Waals surface area contributed by atoms with Gasteiger partial charge >= 0.3 is 0 Å². The van der Waals surface area contributed by atoms with Crippen LogP contribution in [0.4, 0.5) is 5.00 Å². The number of carbonyl (C=O) groups is 1. The van der Waals surface area contributed by atoms with Gasteiger partial charge in [-0.25, -0.2) is 0 Å². The van der Waals surface area contributed by atoms with Gasteiger partial charge in [-0.2, -0.15) is 9.64 Å². The molecule has 3 heterocycles. The third-order valence-electron chi connectivity index (χ3n) is 4.21. The second kappa shape index (κ2) is 6.00. The lowest BCUT2D eigenvalue weighted by molar-refractivity contribution is -0.134. The van der Waals surface area contributed by atoms with Gasteiger partial charge in [0.25, 0.3) is 0 Å². The molecular weight excluding hydrogens is 286 g/mol. The maximum absolute atomic E-state index is 12.0. The molecule has 0 saturated carbocycles. The van der Waals surface area contributed by atoms with Gasteiger partial charge in [0.2, 0.25) is 5.91 Å². The highest BCUT2D eigenvalue weighted by atomic mass is 32.1. The summed E-state index contributed by atoms with van der Waals surface area (Å²) in [5, 5.41) is 13.4. The van der Waals surface area contributed by atoms with E-state index in [1.807, 2.05) is 11.8 Å². The zero-order chi connectivity index (χ0) is 14.8. The van der Waals surface area contributed by atoms with E-state index in [1.165, 1.54) is 11.5 Å². The maximum atomic E-state index is 12.0. The number of hydrogen-bond acceptors (Lipinski definition) is 6. The summed E-state index contributed by atoms with van der Waals surface area (Å²) in [6.07, 6.45) is 2.09. The summed E-state index contributed by atoms with van der Waals surface area (Å²) >= 11 is 1.39. The minimum atomic E-state index is 0.189. The van der Waals surface area contributed by atoms with Crippen LogP contribution in [0.25, 0.3) is 0 Å². The summed E-state index contributed by atoms with van der Waals surface area (Å²) in [7, 11) is 0. The van der Waals surface area contributed by atoms with E-state index in [-0.39, 0.29) is 11.9 Å². The number of piperidine rings is 1. The van der Waals surface area contributed by atoms with Gasteiger partial charge in [-0.05, 0) is 31.3 Å². The SMILES string of the molecule is Cc1nsc(N2CCCC(N3CCNCC3=O)C2)c1C#N. The molecule has 2 fully saturated rings. The number of piperazine rings is 1. The van der Waals surface area contributed by atoms with Crippen LogP contribution in [0.3, 0.4) is 0 Å². The summed E-state index contributed by atoms with van der Waals surface area (Å²) in [6, 6.07) is 2.51. The highest BCUT2D eigenvalue weighted by molar-refractivity contribution is 7.10. The first kappa shape index (κ1) is 14.3. The highest BCUT2D eigenvalue weighted by Crippen LogP contribution is 2.31. The second-order valence-corrected chi connectivity index (χ2v) is 6.32. The minimum Gasteiger partial charge on any atom is -0.359 e. The molecule has 1 unspecified atom stereocenters. The Balaban J connectivity index is 1.76. The molecule has 1 aromatic heterocycles. The van der Waals surface area contributed by atoms with E-state index in [2.05, 4.69) is 20.7 Å². The monoisotopic (exact) mass is 305 g/mol. The predicted molar refractivity (Wildman–Crippen MR) is 81.4 cm³/mol. The number of nitriles is 1. The molecule has 1 amide bonds. The molecule has 1 N–H and O–H groups in total. The normalized spacial score (nSPS) is 23.2. The van der Waals surface area contributed by atoms with Crippen LogP contribution in [-0.2, 0) is 4.79 Å². The van der Waals surface area contributed by atoms with Gasteiger partial charge in [0.05, 0.1) is 12.2 Å². The summed E-state index contributed by atoms with van der Waals surface area (Å²) in [5.41, 5.74) is 1.49. The lowest BCUT2D eigenvalue weighted by atomic mass is 10.0. The molecule has 1 atom stereocenters. The zero-order valence-electron chi connectivity index (χ0n) is 12.1. The van der Waals surface area contributed by atoms with Crippen LogP contribution in [0.2, 0.25) is 0 Å². The lowest BCUT2D eigenvalue weighted by Crippen LogP contribution is -2.57. The average molecular weight is 305 g/mol. The number of aryl methyl sites for hydroxylation is 1. The van der Waals surface area contributed by atoms with Crippen molar-refractivity contribution in [3.8, 4) is 6.07 Å². The molecule has 0 spiro atoms. The van der Waals surface area contributed by atoms with E-state index in [4.69, 9.17) is 0 Å². The van der Waals surface area contributed by atoms with E-state index in [1.54, 1.807) is 0 Å². The Morgan fingerprint density at radius 1 is 1.48 bits per heavy atom. The Kier molecular flexibility index (Phi) is 4.08. The van der Waals surface area contributed by atoms with Crippen molar-refractivity contribution in [3.05, 3.63) is 11.3 Å². The topological polar surface area (TPSA) is 72.3 Å². The molecule has 2 aliphatic rings. The Hall–Kier alpha value is -1.65. The minimum absolute atomic E-state index is 0.189. The fourth-order valence-electron chi connectivity index (χ4n) is 3.10. The van der Waals surface area contributed by atoms with Crippen molar-refractivity contribution in [1.82, 2.24) is 14.6 Å². The van der Waals surface area contributed by atoms with Crippen molar-refractivity contribution in [3.63, 3.8) is 0 Å². The van der Waals surface area contributed by atoms with E-state index in [9.17, 15) is 10.1 Å². The maximum Gasteiger partial charge on any atom is 0.236 e. The second-order valence-electron chi connectivity index (χ2n) is 5.57. The molecule has 21 heavy (non-hydrogen) atoms. The number of nitrogens with zero attached hydrogens (tertiary/aromatic N) is 4. The Bertz CT molecular complexity index is 578. The van der Waals surface area contributed by atoms with Crippen LogP contribution in [-0.4, -0.2) is 53.9 Å². The van der Waals surface area contributed by atoms with E-state index < -0.39 is 0 Å². The van der Waals surface area contributed by atoms with Crippen LogP contribution >= 0.6 is 11.5 Å². The predicted octanol–water partition coefficient (Wildman–Crippen LogP) is 0.724. The molecule has 0 bridgehead atoms. The van der Waals surface area contributed by atoms with Crippen LogP contribution in [0.1, 0.15) is 24.1 Å². The first-order valence-corrected chi connectivity index (χ1v) is 8.09. The smallest absolute Gasteiger partial charge is 0.236 e. The summed E-state index contributed by atoms with van der Waals surface area (Å²) < 4.78 is 4.30. The molecular formula is C14H19N5OS. The number of aromatic nitrogens is 1. The Labute approximate surface area is 128 Å². The Morgan fingerprint density at radius 3 is 3.10 bits per heavy atom. The van der Waals surface area contributed by atoms with Gasteiger partial charge in [0.1, 0.15) is 16.6 Å². The van der Waals surface area contributed by atoms with Gasteiger partial charge in [0, 0.05) is 32.2 Å². The number of nitrogens with one attached hydrogen (secondary N) is 1. The number of anilines is 1. The zero-order valence-corrected chi connectivity index (χ0v) is 12.9. The molecule has 2 saturated heterocycles. The van der Waals surface area contributed by atoms with Crippen molar-refractivity contribution < 1.29 is 4.79 Å². The van der Waals surface area contributed by atoms with Gasteiger partial charge in [0.15, 0.2) is 0 Å². The fraction of sp³-hybridized carbons (Fsp3) is 0.643. The first-order valence-electron chi connectivity index (χ1n) is 7.32. The van der Waals surface area contributed by atoms with Crippen LogP contribution in [0, 0.1) is 18.3 Å². The molecule has 1 aromatic rings. The number of amides is 1. The molecule has 7 heteroatoms. The largest absolute Gasteiger partial charge is 0.359 e. The summed E-state index contributed by atoms with van der Waals surface area (Å²) in [6.45, 7) is 5.71. The van der Waals surface area contributed by atoms with Gasteiger partial charge in [-0.1, -0.05) is 0 Å². The fourth-order valence-corrected chi connectivity index (χ4v) is 3.98. The molecule has 6 nitrogen and oxygen atoms in total. The number of carbonyl (C=O) groups excluding carboxylic acids is 1. The van der Waals surface area contributed by atoms with Gasteiger partial charge < -0.3 is 15.1 Å². The molecule has 0 aliphatic carbocycles. The molecule has 2 aliphatic heterocycles. The van der Waals surface area contributed by atoms with Gasteiger partial charge in [-0.3, -0.25) is 4.79 Å². The van der Waals surface area contributed by atoms with E-state index in [0.29, 0.717) is 12.1 Å². The van der Waals surface area contributed by atoms with Crippen LogP contribution in [0.15, 0.2) is 0 Å². The quantitative estimate of drug-likeness (QED) is 0.872. The number of rotatable bonds is 2.